The summed E-state index contributed by atoms with van der Waals surface area (Å²) in [5, 5.41) is 20.0. The molecule has 0 bridgehead atoms. The second-order valence-electron chi connectivity index (χ2n) is 5.27. The van der Waals surface area contributed by atoms with Gasteiger partial charge < -0.3 is 10.8 Å². The molecule has 4 nitrogen and oxygen atoms in total. The first kappa shape index (κ1) is 15.6. The molecule has 112 valence electrons. The largest absolute Gasteiger partial charge is 0.506 e. The first-order chi connectivity index (χ1) is 10.5. The molecule has 0 aliphatic heterocycles. The molecule has 3 N–H and O–H groups in total. The average Bonchev–Trinajstić information content (AvgIpc) is 2.49. The molecular formula is C16H13BrIN3O. The Balaban J connectivity index is 2.40. The maximum Gasteiger partial charge on any atom is 0.142 e. The van der Waals surface area contributed by atoms with Crippen LogP contribution >= 0.6 is 38.5 Å². The Morgan fingerprint density at radius 3 is 2.77 bits per heavy atom. The number of rotatable bonds is 1. The van der Waals surface area contributed by atoms with Gasteiger partial charge in [-0.05, 0) is 66.0 Å². The van der Waals surface area contributed by atoms with Gasteiger partial charge in [0.15, 0.2) is 0 Å². The van der Waals surface area contributed by atoms with Crippen LogP contribution in [0.15, 0.2) is 16.6 Å². The maximum absolute atomic E-state index is 10.5. The van der Waals surface area contributed by atoms with Crippen molar-refractivity contribution in [3.63, 3.8) is 0 Å². The van der Waals surface area contributed by atoms with E-state index >= 15 is 0 Å². The Kier molecular flexibility index (Phi) is 4.28. The standard InChI is InChI=1S/C16H13BrIN3O/c17-8-5-10(15(22)12(18)6-8)14-9-3-1-2-4-13(9)21-16(20)11(14)7-19/h5-6,22H,1-4H2,(H2,20,21). The summed E-state index contributed by atoms with van der Waals surface area (Å²) in [6.45, 7) is 0. The summed E-state index contributed by atoms with van der Waals surface area (Å²) < 4.78 is 1.58. The molecule has 2 aromatic rings. The predicted molar refractivity (Wildman–Crippen MR) is 97.5 cm³/mol. The van der Waals surface area contributed by atoms with E-state index in [9.17, 15) is 10.4 Å². The van der Waals surface area contributed by atoms with Gasteiger partial charge in [0.2, 0.25) is 0 Å². The van der Waals surface area contributed by atoms with Crippen LogP contribution in [-0.4, -0.2) is 10.1 Å². The zero-order valence-corrected chi connectivity index (χ0v) is 15.4. The molecule has 1 aliphatic carbocycles. The van der Waals surface area contributed by atoms with Crippen molar-refractivity contribution in [3.8, 4) is 22.9 Å². The van der Waals surface area contributed by atoms with Crippen LogP contribution < -0.4 is 5.73 Å². The van der Waals surface area contributed by atoms with Crippen molar-refractivity contribution in [3.05, 3.63) is 37.0 Å². The van der Waals surface area contributed by atoms with Crippen molar-refractivity contribution >= 4 is 44.3 Å². The molecule has 22 heavy (non-hydrogen) atoms. The summed E-state index contributed by atoms with van der Waals surface area (Å²) in [5.74, 6) is 0.422. The van der Waals surface area contributed by atoms with Gasteiger partial charge in [0.1, 0.15) is 23.2 Å². The highest BCUT2D eigenvalue weighted by molar-refractivity contribution is 14.1. The minimum absolute atomic E-state index is 0.179. The topological polar surface area (TPSA) is 82.9 Å². The summed E-state index contributed by atoms with van der Waals surface area (Å²) >= 11 is 5.54. The van der Waals surface area contributed by atoms with Gasteiger partial charge in [-0.1, -0.05) is 15.9 Å². The van der Waals surface area contributed by atoms with Crippen molar-refractivity contribution in [2.45, 2.75) is 25.7 Å². The molecule has 0 atom stereocenters. The third kappa shape index (κ3) is 2.57. The molecule has 0 spiro atoms. The van der Waals surface area contributed by atoms with Crippen molar-refractivity contribution in [1.29, 1.82) is 5.26 Å². The molecule has 0 saturated carbocycles. The second-order valence-corrected chi connectivity index (χ2v) is 7.35. The minimum Gasteiger partial charge on any atom is -0.506 e. The van der Waals surface area contributed by atoms with Crippen molar-refractivity contribution < 1.29 is 5.11 Å². The fraction of sp³-hybridized carbons (Fsp3) is 0.250. The number of phenolic OH excluding ortho intramolecular Hbond substituents is 1. The third-order valence-electron chi connectivity index (χ3n) is 3.91. The molecule has 0 fully saturated rings. The lowest BCUT2D eigenvalue weighted by Crippen LogP contribution is -2.12. The molecule has 3 rings (SSSR count). The van der Waals surface area contributed by atoms with Gasteiger partial charge in [0, 0.05) is 21.3 Å². The number of nitrogen functional groups attached to an aromatic ring is 1. The molecule has 6 heteroatoms. The lowest BCUT2D eigenvalue weighted by atomic mass is 9.86. The number of pyridine rings is 1. The van der Waals surface area contributed by atoms with Crippen molar-refractivity contribution in [1.82, 2.24) is 4.98 Å². The SMILES string of the molecule is N#Cc1c(N)nc2c(c1-c1cc(Br)cc(I)c1O)CCCC2. The van der Waals surface area contributed by atoms with E-state index in [1.54, 1.807) is 0 Å². The van der Waals surface area contributed by atoms with Crippen LogP contribution in [0.4, 0.5) is 5.82 Å². The lowest BCUT2D eigenvalue weighted by molar-refractivity contribution is 0.473. The van der Waals surface area contributed by atoms with E-state index in [1.807, 2.05) is 12.1 Å². The fourth-order valence-electron chi connectivity index (χ4n) is 2.93. The maximum atomic E-state index is 10.5. The number of fused-ring (bicyclic) bond motifs is 1. The highest BCUT2D eigenvalue weighted by Crippen LogP contribution is 2.42. The van der Waals surface area contributed by atoms with Crippen LogP contribution in [0.25, 0.3) is 11.1 Å². The van der Waals surface area contributed by atoms with E-state index in [-0.39, 0.29) is 11.6 Å². The van der Waals surface area contributed by atoms with Crippen LogP contribution in [0.5, 0.6) is 5.75 Å². The zero-order valence-electron chi connectivity index (χ0n) is 11.7. The van der Waals surface area contributed by atoms with Gasteiger partial charge in [0.05, 0.1) is 3.57 Å². The van der Waals surface area contributed by atoms with Gasteiger partial charge in [-0.3, -0.25) is 0 Å². The first-order valence-corrected chi connectivity index (χ1v) is 8.79. The Labute approximate surface area is 150 Å². The number of aromatic nitrogens is 1. The normalized spacial score (nSPS) is 13.5. The number of halogens is 2. The van der Waals surface area contributed by atoms with Crippen LogP contribution in [0, 0.1) is 14.9 Å². The Morgan fingerprint density at radius 2 is 2.05 bits per heavy atom. The molecule has 1 aromatic carbocycles. The number of aryl methyl sites for hydroxylation is 1. The number of anilines is 1. The summed E-state index contributed by atoms with van der Waals surface area (Å²) in [5.41, 5.74) is 9.71. The molecular weight excluding hydrogens is 457 g/mol. The number of hydrogen-bond acceptors (Lipinski definition) is 4. The number of nitrogens with two attached hydrogens (primary N) is 1. The molecule has 1 heterocycles. The molecule has 0 radical (unpaired) electrons. The molecule has 1 aromatic heterocycles. The Bertz CT molecular complexity index is 814. The number of benzene rings is 1. The zero-order chi connectivity index (χ0) is 15.9. The van der Waals surface area contributed by atoms with E-state index in [0.29, 0.717) is 11.1 Å². The minimum atomic E-state index is 0.179. The van der Waals surface area contributed by atoms with Crippen LogP contribution in [0.2, 0.25) is 0 Å². The number of phenols is 1. The Morgan fingerprint density at radius 1 is 1.32 bits per heavy atom. The van der Waals surface area contributed by atoms with E-state index < -0.39 is 0 Å². The molecule has 0 saturated heterocycles. The van der Waals surface area contributed by atoms with Gasteiger partial charge in [-0.2, -0.15) is 5.26 Å². The molecule has 0 amide bonds. The van der Waals surface area contributed by atoms with Gasteiger partial charge >= 0.3 is 0 Å². The smallest absolute Gasteiger partial charge is 0.142 e. The van der Waals surface area contributed by atoms with E-state index in [0.717, 1.165) is 50.5 Å². The summed E-state index contributed by atoms with van der Waals surface area (Å²) in [7, 11) is 0. The highest BCUT2D eigenvalue weighted by Gasteiger charge is 2.24. The second kappa shape index (κ2) is 6.05. The third-order valence-corrected chi connectivity index (χ3v) is 5.19. The van der Waals surface area contributed by atoms with E-state index in [2.05, 4.69) is 49.6 Å². The Hall–Kier alpha value is -1.33. The first-order valence-electron chi connectivity index (χ1n) is 6.92. The van der Waals surface area contributed by atoms with Gasteiger partial charge in [0.25, 0.3) is 0 Å². The van der Waals surface area contributed by atoms with Crippen molar-refractivity contribution in [2.75, 3.05) is 5.73 Å². The van der Waals surface area contributed by atoms with E-state index in [1.165, 1.54) is 0 Å². The van der Waals surface area contributed by atoms with Gasteiger partial charge in [-0.25, -0.2) is 4.98 Å². The number of aromatic hydroxyl groups is 1. The molecule has 1 aliphatic rings. The fourth-order valence-corrected chi connectivity index (χ4v) is 4.44. The number of nitrogens with zero attached hydrogens (tertiary/aromatic N) is 2. The summed E-state index contributed by atoms with van der Waals surface area (Å²) in [6.07, 6.45) is 3.86. The average molecular weight is 470 g/mol. The molecule has 0 unspecified atom stereocenters. The summed E-state index contributed by atoms with van der Waals surface area (Å²) in [4.78, 5) is 4.41. The predicted octanol–water partition coefficient (Wildman–Crippen LogP) is 4.15. The van der Waals surface area contributed by atoms with Crippen molar-refractivity contribution in [2.24, 2.45) is 0 Å². The van der Waals surface area contributed by atoms with Crippen LogP contribution in [0.3, 0.4) is 0 Å². The monoisotopic (exact) mass is 469 g/mol. The quantitative estimate of drug-likeness (QED) is 0.614. The van der Waals surface area contributed by atoms with Crippen LogP contribution in [0.1, 0.15) is 29.7 Å². The van der Waals surface area contributed by atoms with E-state index in [4.69, 9.17) is 5.73 Å². The number of hydrogen-bond donors (Lipinski definition) is 2. The number of nitriles is 1. The van der Waals surface area contributed by atoms with Gasteiger partial charge in [-0.15, -0.1) is 0 Å². The summed E-state index contributed by atoms with van der Waals surface area (Å²) in [6, 6.07) is 5.83. The lowest BCUT2D eigenvalue weighted by Gasteiger charge is -2.21. The highest BCUT2D eigenvalue weighted by atomic mass is 127. The van der Waals surface area contributed by atoms with Crippen LogP contribution in [-0.2, 0) is 12.8 Å².